The highest BCUT2D eigenvalue weighted by Crippen LogP contribution is 2.46. The van der Waals surface area contributed by atoms with Gasteiger partial charge in [0, 0.05) is 48.8 Å². The quantitative estimate of drug-likeness (QED) is 0.195. The summed E-state index contributed by atoms with van der Waals surface area (Å²) in [5.41, 5.74) is -0.508. The number of sulfonamides is 1. The molecule has 3 aromatic rings. The first-order valence-electron chi connectivity index (χ1n) is 19.3. The Hall–Kier alpha value is -4.85. The van der Waals surface area contributed by atoms with Crippen molar-refractivity contribution in [1.82, 2.24) is 30.1 Å². The van der Waals surface area contributed by atoms with Crippen LogP contribution in [0.1, 0.15) is 82.5 Å². The van der Waals surface area contributed by atoms with E-state index < -0.39 is 73.8 Å². The van der Waals surface area contributed by atoms with Gasteiger partial charge in [-0.3, -0.25) is 28.7 Å². The van der Waals surface area contributed by atoms with Crippen LogP contribution in [-0.4, -0.2) is 95.2 Å². The van der Waals surface area contributed by atoms with E-state index in [2.05, 4.69) is 21.9 Å². The first kappa shape index (κ1) is 38.4. The smallest absolute Gasteiger partial charge is 0.259 e. The topological polar surface area (TPSA) is 175 Å². The fraction of sp³-hybridized carbons (Fsp3) is 0.512. The van der Waals surface area contributed by atoms with Crippen molar-refractivity contribution in [2.45, 2.75) is 95.0 Å². The second kappa shape index (κ2) is 14.7. The zero-order valence-corrected chi connectivity index (χ0v) is 32.5. The highest BCUT2D eigenvalue weighted by atomic mass is 32.2. The Balaban J connectivity index is 1.19. The monoisotopic (exact) mass is 770 g/mol. The molecule has 3 heterocycles. The minimum absolute atomic E-state index is 0.0196. The molecule has 7 rings (SSSR count). The minimum atomic E-state index is -3.91. The number of para-hydroxylation sites is 2. The fourth-order valence-corrected chi connectivity index (χ4v) is 9.57. The van der Waals surface area contributed by atoms with Gasteiger partial charge in [0.1, 0.15) is 11.6 Å². The van der Waals surface area contributed by atoms with Gasteiger partial charge in [0.05, 0.1) is 27.8 Å². The van der Waals surface area contributed by atoms with E-state index in [1.54, 1.807) is 4.90 Å². The summed E-state index contributed by atoms with van der Waals surface area (Å²) < 4.78 is 27.7. The zero-order valence-electron chi connectivity index (χ0n) is 31.7. The third kappa shape index (κ3) is 7.70. The van der Waals surface area contributed by atoms with E-state index in [0.717, 1.165) is 19.3 Å². The lowest BCUT2D eigenvalue weighted by Crippen LogP contribution is -2.57. The van der Waals surface area contributed by atoms with Gasteiger partial charge in [0.15, 0.2) is 0 Å². The van der Waals surface area contributed by atoms with Crippen LogP contribution in [0.15, 0.2) is 61.2 Å². The van der Waals surface area contributed by atoms with Crippen LogP contribution in [0, 0.1) is 17.3 Å². The van der Waals surface area contributed by atoms with Crippen molar-refractivity contribution < 1.29 is 32.4 Å². The molecule has 0 bridgehead atoms. The van der Waals surface area contributed by atoms with Crippen molar-refractivity contribution in [2.75, 3.05) is 19.6 Å². The molecular weight excluding hydrogens is 721 g/mol. The minimum Gasteiger partial charge on any atom is -0.347 e. The number of nitrogens with one attached hydrogen (secondary N) is 3. The van der Waals surface area contributed by atoms with Gasteiger partial charge in [0.25, 0.3) is 11.8 Å². The summed E-state index contributed by atoms with van der Waals surface area (Å²) >= 11 is 0. The molecule has 3 N–H and O–H groups in total. The number of fused-ring (bicyclic) bond motifs is 2. The normalized spacial score (nSPS) is 24.6. The van der Waals surface area contributed by atoms with E-state index >= 15 is 0 Å². The van der Waals surface area contributed by atoms with Crippen LogP contribution in [0.5, 0.6) is 0 Å². The molecule has 55 heavy (non-hydrogen) atoms. The van der Waals surface area contributed by atoms with Crippen LogP contribution in [0.3, 0.4) is 0 Å². The van der Waals surface area contributed by atoms with Gasteiger partial charge in [-0.15, -0.1) is 6.58 Å². The first-order valence-corrected chi connectivity index (χ1v) is 20.8. The molecule has 4 aliphatic rings. The molecule has 0 radical (unpaired) electrons. The molecule has 4 fully saturated rings. The van der Waals surface area contributed by atoms with Crippen molar-refractivity contribution in [3.05, 3.63) is 66.7 Å². The molecule has 5 amide bonds. The van der Waals surface area contributed by atoms with E-state index in [9.17, 15) is 32.4 Å². The maximum Gasteiger partial charge on any atom is 0.259 e. The van der Waals surface area contributed by atoms with Crippen LogP contribution < -0.4 is 15.4 Å². The molecule has 2 aliphatic carbocycles. The summed E-state index contributed by atoms with van der Waals surface area (Å²) in [5, 5.41) is 6.59. The Morgan fingerprint density at radius 2 is 1.58 bits per heavy atom. The zero-order chi connectivity index (χ0) is 39.3. The van der Waals surface area contributed by atoms with Crippen molar-refractivity contribution in [3.63, 3.8) is 0 Å². The number of piperidine rings is 1. The predicted molar refractivity (Wildman–Crippen MR) is 208 cm³/mol. The Morgan fingerprint density at radius 1 is 0.964 bits per heavy atom. The molecule has 0 spiro atoms. The Kier molecular flexibility index (Phi) is 10.2. The number of hydrogen-bond donors (Lipinski definition) is 3. The SMILES string of the molecule is C=CC1C[C@]1(NC(=O)[C@@H]1C[C@@H](NC(=O)c2c3ccccc3nc3ccccc23)CN1C(=O)[C@@H](CC(=O)N1CCCCC1)C(C)(C)C)C(=O)NS(=O)(=O)C1CC1. The number of benzene rings is 2. The first-order chi connectivity index (χ1) is 26.1. The molecule has 5 atom stereocenters. The lowest BCUT2D eigenvalue weighted by Gasteiger charge is -2.36. The number of nitrogens with zero attached hydrogens (tertiary/aromatic N) is 3. The average Bonchev–Trinajstić information content (AvgIpc) is 4.09. The van der Waals surface area contributed by atoms with Crippen LogP contribution in [0.25, 0.3) is 21.8 Å². The largest absolute Gasteiger partial charge is 0.347 e. The van der Waals surface area contributed by atoms with Gasteiger partial charge < -0.3 is 20.4 Å². The third-order valence-electron chi connectivity index (χ3n) is 11.7. The summed E-state index contributed by atoms with van der Waals surface area (Å²) in [7, 11) is -3.91. The molecule has 2 saturated heterocycles. The Labute approximate surface area is 321 Å². The van der Waals surface area contributed by atoms with Gasteiger partial charge in [0.2, 0.25) is 27.7 Å². The number of amides is 5. The molecular formula is C41H50N6O7S. The number of likely N-dealkylation sites (tertiary alicyclic amines) is 2. The van der Waals surface area contributed by atoms with E-state index in [1.807, 2.05) is 69.3 Å². The molecule has 14 heteroatoms. The van der Waals surface area contributed by atoms with Crippen molar-refractivity contribution in [3.8, 4) is 0 Å². The summed E-state index contributed by atoms with van der Waals surface area (Å²) in [5.74, 6) is -3.71. The molecule has 2 saturated carbocycles. The third-order valence-corrected chi connectivity index (χ3v) is 13.5. The Bertz CT molecular complexity index is 2120. The summed E-state index contributed by atoms with van der Waals surface area (Å²) in [6.07, 6.45) is 5.41. The van der Waals surface area contributed by atoms with Gasteiger partial charge in [-0.2, -0.15) is 0 Å². The van der Waals surface area contributed by atoms with Gasteiger partial charge in [-0.25, -0.2) is 13.4 Å². The number of hydrogen-bond acceptors (Lipinski definition) is 8. The van der Waals surface area contributed by atoms with Crippen LogP contribution in [0.4, 0.5) is 0 Å². The molecule has 1 aromatic heterocycles. The number of pyridine rings is 1. The maximum absolute atomic E-state index is 14.8. The Morgan fingerprint density at radius 3 is 2.15 bits per heavy atom. The van der Waals surface area contributed by atoms with E-state index in [4.69, 9.17) is 4.98 Å². The lowest BCUT2D eigenvalue weighted by molar-refractivity contribution is -0.148. The number of carbonyl (C=O) groups excluding carboxylic acids is 5. The predicted octanol–water partition coefficient (Wildman–Crippen LogP) is 3.82. The molecule has 1 unspecified atom stereocenters. The standard InChI is InChI=1S/C41H50N6O7S/c1-5-25-23-41(25,39(52)45-55(53,54)27-17-18-27)44-36(49)33-21-26(24-47(33)38(51)30(40(2,3)4)22-34(48)46-19-11-6-12-20-46)42-37(50)35-28-13-7-9-15-31(28)43-32-16-10-8-14-29(32)35/h5,7-10,13-16,25-27,30,33H,1,6,11-12,17-24H2,2-4H3,(H,42,50)(H,44,49)(H,45,52)/t25?,26-,30-,33+,41-/m1/s1. The van der Waals surface area contributed by atoms with E-state index in [1.165, 1.54) is 11.0 Å². The van der Waals surface area contributed by atoms with Gasteiger partial charge in [-0.05, 0) is 62.5 Å². The summed E-state index contributed by atoms with van der Waals surface area (Å²) in [4.78, 5) is 78.6. The summed E-state index contributed by atoms with van der Waals surface area (Å²) in [6, 6.07) is 12.9. The highest BCUT2D eigenvalue weighted by Gasteiger charge is 2.62. The highest BCUT2D eigenvalue weighted by molar-refractivity contribution is 7.91. The average molecular weight is 771 g/mol. The molecule has 13 nitrogen and oxygen atoms in total. The van der Waals surface area contributed by atoms with Crippen LogP contribution in [0.2, 0.25) is 0 Å². The van der Waals surface area contributed by atoms with Crippen molar-refractivity contribution in [1.29, 1.82) is 0 Å². The number of carbonyl (C=O) groups is 5. The summed E-state index contributed by atoms with van der Waals surface area (Å²) in [6.45, 7) is 10.7. The second-order valence-corrected chi connectivity index (χ2v) is 18.6. The van der Waals surface area contributed by atoms with Crippen molar-refractivity contribution in [2.24, 2.45) is 17.3 Å². The molecule has 2 aliphatic heterocycles. The number of rotatable bonds is 11. The molecule has 2 aromatic carbocycles. The lowest BCUT2D eigenvalue weighted by atomic mass is 9.77. The van der Waals surface area contributed by atoms with E-state index in [-0.39, 0.29) is 31.7 Å². The van der Waals surface area contributed by atoms with E-state index in [0.29, 0.717) is 53.3 Å². The second-order valence-electron chi connectivity index (χ2n) is 16.7. The van der Waals surface area contributed by atoms with Crippen LogP contribution in [-0.2, 0) is 29.2 Å². The number of aromatic nitrogens is 1. The van der Waals surface area contributed by atoms with Gasteiger partial charge in [-0.1, -0.05) is 63.2 Å². The van der Waals surface area contributed by atoms with Gasteiger partial charge >= 0.3 is 0 Å². The molecule has 292 valence electrons. The van der Waals surface area contributed by atoms with Crippen molar-refractivity contribution >= 4 is 61.4 Å². The maximum atomic E-state index is 14.8. The van der Waals surface area contributed by atoms with Crippen LogP contribution >= 0.6 is 0 Å². The fourth-order valence-electron chi connectivity index (χ4n) is 8.21.